The van der Waals surface area contributed by atoms with Crippen molar-refractivity contribution in [3.63, 3.8) is 0 Å². The van der Waals surface area contributed by atoms with E-state index in [9.17, 15) is 14.9 Å². The molecule has 1 aliphatic carbocycles. The monoisotopic (exact) mass is 444 g/mol. The summed E-state index contributed by atoms with van der Waals surface area (Å²) in [6.07, 6.45) is 3.39. The molecule has 2 aromatic rings. The maximum Gasteiger partial charge on any atom is 0.414 e. The van der Waals surface area contributed by atoms with Gasteiger partial charge in [-0.15, -0.1) is 0 Å². The Bertz CT molecular complexity index is 1040. The van der Waals surface area contributed by atoms with E-state index in [2.05, 4.69) is 6.07 Å². The number of hydrogen-bond acceptors (Lipinski definition) is 5. The molecule has 0 N–H and O–H groups in total. The Balaban J connectivity index is 1.48. The van der Waals surface area contributed by atoms with Crippen LogP contribution < -0.4 is 0 Å². The number of allylic oxidation sites excluding steroid dienone is 2. The standard InChI is InChI=1S/C27H28N2O4/c28-18-23-24(30)12-13-25-27(23,15-17-32-19-21-8-3-1-4-9-21)14-7-16-29(25)26(31)33-20-22-10-5-2-6-11-22/h1-6,8-11,13,23H,7,12,14-17,19-20H2/t23-,27-/m1/s1. The van der Waals surface area contributed by atoms with Gasteiger partial charge in [0.2, 0.25) is 0 Å². The molecule has 1 heterocycles. The molecule has 0 bridgehead atoms. The van der Waals surface area contributed by atoms with E-state index in [1.165, 1.54) is 0 Å². The van der Waals surface area contributed by atoms with Crippen LogP contribution in [0.4, 0.5) is 4.79 Å². The predicted octanol–water partition coefficient (Wildman–Crippen LogP) is 5.01. The number of carbonyl (C=O) groups is 2. The van der Waals surface area contributed by atoms with E-state index in [0.29, 0.717) is 39.0 Å². The van der Waals surface area contributed by atoms with Crippen molar-refractivity contribution in [1.29, 1.82) is 5.26 Å². The third-order valence-corrected chi connectivity index (χ3v) is 6.54. The minimum atomic E-state index is -0.789. The summed E-state index contributed by atoms with van der Waals surface area (Å²) in [5, 5.41) is 9.90. The molecular formula is C27H28N2O4. The predicted molar refractivity (Wildman–Crippen MR) is 123 cm³/mol. The first kappa shape index (κ1) is 22.8. The highest BCUT2D eigenvalue weighted by Crippen LogP contribution is 2.51. The zero-order valence-corrected chi connectivity index (χ0v) is 18.6. The molecule has 0 saturated carbocycles. The van der Waals surface area contributed by atoms with Gasteiger partial charge in [0.05, 0.1) is 12.7 Å². The first-order valence-electron chi connectivity index (χ1n) is 11.4. The molecule has 1 aliphatic heterocycles. The summed E-state index contributed by atoms with van der Waals surface area (Å²) in [5.74, 6) is -0.883. The highest BCUT2D eigenvalue weighted by Gasteiger charge is 2.52. The summed E-state index contributed by atoms with van der Waals surface area (Å²) >= 11 is 0. The number of carbonyl (C=O) groups excluding carboxylic acids is 2. The minimum absolute atomic E-state index is 0.0937. The molecule has 0 spiro atoms. The smallest absolute Gasteiger partial charge is 0.414 e. The molecule has 2 aromatic carbocycles. The van der Waals surface area contributed by atoms with Crippen LogP contribution in [0.2, 0.25) is 0 Å². The molecule has 170 valence electrons. The number of nitrogens with zero attached hydrogens (tertiary/aromatic N) is 2. The van der Waals surface area contributed by atoms with Crippen LogP contribution in [0.15, 0.2) is 72.4 Å². The Morgan fingerprint density at radius 1 is 1.06 bits per heavy atom. The number of rotatable bonds is 7. The van der Waals surface area contributed by atoms with Crippen LogP contribution in [-0.2, 0) is 27.5 Å². The lowest BCUT2D eigenvalue weighted by atomic mass is 9.61. The van der Waals surface area contributed by atoms with Gasteiger partial charge in [-0.2, -0.15) is 5.26 Å². The van der Waals surface area contributed by atoms with E-state index in [4.69, 9.17) is 9.47 Å². The summed E-state index contributed by atoms with van der Waals surface area (Å²) in [7, 11) is 0. The van der Waals surface area contributed by atoms with Crippen molar-refractivity contribution in [2.24, 2.45) is 11.3 Å². The Morgan fingerprint density at radius 2 is 1.73 bits per heavy atom. The van der Waals surface area contributed by atoms with E-state index in [1.807, 2.05) is 66.7 Å². The lowest BCUT2D eigenvalue weighted by molar-refractivity contribution is -0.125. The molecule has 0 aromatic heterocycles. The number of benzene rings is 2. The van der Waals surface area contributed by atoms with Crippen molar-refractivity contribution in [3.05, 3.63) is 83.6 Å². The second-order valence-corrected chi connectivity index (χ2v) is 8.56. The second kappa shape index (κ2) is 10.5. The molecule has 4 rings (SSSR count). The van der Waals surface area contributed by atoms with Crippen LogP contribution >= 0.6 is 0 Å². The van der Waals surface area contributed by atoms with E-state index >= 15 is 0 Å². The Kier molecular flexibility index (Phi) is 7.21. The summed E-state index contributed by atoms with van der Waals surface area (Å²) in [6, 6.07) is 21.6. The molecule has 0 unspecified atom stereocenters. The van der Waals surface area contributed by atoms with Crippen molar-refractivity contribution < 1.29 is 19.1 Å². The van der Waals surface area contributed by atoms with Crippen LogP contribution in [0.3, 0.4) is 0 Å². The number of hydrogen-bond donors (Lipinski definition) is 0. The van der Waals surface area contributed by atoms with E-state index in [0.717, 1.165) is 16.8 Å². The van der Waals surface area contributed by atoms with Gasteiger partial charge in [0.1, 0.15) is 12.5 Å². The van der Waals surface area contributed by atoms with E-state index in [-0.39, 0.29) is 18.8 Å². The largest absolute Gasteiger partial charge is 0.444 e. The molecule has 1 amide bonds. The van der Waals surface area contributed by atoms with Crippen LogP contribution in [0.5, 0.6) is 0 Å². The average molecular weight is 445 g/mol. The SMILES string of the molecule is N#C[C@@H]1C(=O)CC=C2N(C(=O)OCc3ccccc3)CCC[C@]21CCOCc1ccccc1. The van der Waals surface area contributed by atoms with Gasteiger partial charge in [0, 0.05) is 30.7 Å². The molecule has 0 radical (unpaired) electrons. The maximum absolute atomic E-state index is 13.0. The van der Waals surface area contributed by atoms with Crippen molar-refractivity contribution in [1.82, 2.24) is 4.90 Å². The number of nitriles is 1. The summed E-state index contributed by atoms with van der Waals surface area (Å²) < 4.78 is 11.5. The van der Waals surface area contributed by atoms with Gasteiger partial charge in [0.15, 0.2) is 5.78 Å². The topological polar surface area (TPSA) is 79.6 Å². The first-order valence-corrected chi connectivity index (χ1v) is 11.4. The number of fused-ring (bicyclic) bond motifs is 1. The molecule has 2 atom stereocenters. The highest BCUT2D eigenvalue weighted by atomic mass is 16.6. The number of Topliss-reactive ketones (excluding diaryl/α,β-unsaturated/α-hetero) is 1. The number of piperidine rings is 1. The van der Waals surface area contributed by atoms with Gasteiger partial charge in [-0.3, -0.25) is 9.69 Å². The van der Waals surface area contributed by atoms with E-state index in [1.54, 1.807) is 4.90 Å². The van der Waals surface area contributed by atoms with Crippen LogP contribution in [0.1, 0.15) is 36.8 Å². The van der Waals surface area contributed by atoms with Gasteiger partial charge < -0.3 is 9.47 Å². The lowest BCUT2D eigenvalue weighted by Crippen LogP contribution is -2.51. The fourth-order valence-corrected chi connectivity index (χ4v) is 4.90. The summed E-state index contributed by atoms with van der Waals surface area (Å²) in [4.78, 5) is 27.3. The Hall–Kier alpha value is -3.43. The third-order valence-electron chi connectivity index (χ3n) is 6.54. The fourth-order valence-electron chi connectivity index (χ4n) is 4.90. The Morgan fingerprint density at radius 3 is 2.39 bits per heavy atom. The van der Waals surface area contributed by atoms with Gasteiger partial charge in [0.25, 0.3) is 0 Å². The summed E-state index contributed by atoms with van der Waals surface area (Å²) in [5.41, 5.74) is 1.98. The second-order valence-electron chi connectivity index (χ2n) is 8.56. The average Bonchev–Trinajstić information content (AvgIpc) is 2.86. The third kappa shape index (κ3) is 4.99. The molecule has 1 saturated heterocycles. The number of amides is 1. The normalized spacial score (nSPS) is 22.2. The first-order chi connectivity index (χ1) is 16.1. The maximum atomic E-state index is 13.0. The Labute approximate surface area is 194 Å². The quantitative estimate of drug-likeness (QED) is 0.561. The van der Waals surface area contributed by atoms with Crippen LogP contribution in [0.25, 0.3) is 0 Å². The van der Waals surface area contributed by atoms with E-state index < -0.39 is 17.4 Å². The number of ether oxygens (including phenoxy) is 2. The fraction of sp³-hybridized carbons (Fsp3) is 0.370. The molecule has 6 nitrogen and oxygen atoms in total. The zero-order chi connectivity index (χ0) is 23.1. The zero-order valence-electron chi connectivity index (χ0n) is 18.6. The molecule has 33 heavy (non-hydrogen) atoms. The van der Waals surface area contributed by atoms with Crippen molar-refractivity contribution in [2.75, 3.05) is 13.2 Å². The van der Waals surface area contributed by atoms with Gasteiger partial charge in [-0.25, -0.2) is 4.79 Å². The lowest BCUT2D eigenvalue weighted by Gasteiger charge is -2.48. The molecule has 6 heteroatoms. The molecular weight excluding hydrogens is 416 g/mol. The summed E-state index contributed by atoms with van der Waals surface area (Å²) in [6.45, 7) is 1.55. The minimum Gasteiger partial charge on any atom is -0.444 e. The number of ketones is 1. The van der Waals surface area contributed by atoms with Crippen molar-refractivity contribution >= 4 is 11.9 Å². The van der Waals surface area contributed by atoms with Crippen molar-refractivity contribution in [3.8, 4) is 6.07 Å². The number of likely N-dealkylation sites (tertiary alicyclic amines) is 1. The molecule has 2 aliphatic rings. The highest BCUT2D eigenvalue weighted by molar-refractivity contribution is 5.88. The van der Waals surface area contributed by atoms with Crippen LogP contribution in [-0.4, -0.2) is 29.9 Å². The van der Waals surface area contributed by atoms with Crippen LogP contribution in [0, 0.1) is 22.7 Å². The van der Waals surface area contributed by atoms with Gasteiger partial charge in [-0.1, -0.05) is 66.7 Å². The molecule has 1 fully saturated rings. The van der Waals surface area contributed by atoms with Crippen molar-refractivity contribution in [2.45, 2.75) is 38.9 Å². The van der Waals surface area contributed by atoms with Gasteiger partial charge >= 0.3 is 6.09 Å². The van der Waals surface area contributed by atoms with Gasteiger partial charge in [-0.05, 0) is 30.4 Å².